The Hall–Kier alpha value is -3.31. The molecule has 3 aromatic carbocycles. The number of piperazine rings is 1. The zero-order valence-corrected chi connectivity index (χ0v) is 25.5. The lowest BCUT2D eigenvalue weighted by molar-refractivity contribution is 0.0699. The second kappa shape index (κ2) is 13.6. The zero-order valence-electron chi connectivity index (χ0n) is 22.2. The summed E-state index contributed by atoms with van der Waals surface area (Å²) < 4.78 is 42.9. The molecule has 4 aromatic rings. The van der Waals surface area contributed by atoms with E-state index in [1.165, 1.54) is 18.2 Å². The Kier molecular flexibility index (Phi) is 11.2. The Bertz CT molecular complexity index is 1670. The van der Waals surface area contributed by atoms with Crippen molar-refractivity contribution in [3.8, 4) is 0 Å². The van der Waals surface area contributed by atoms with Crippen LogP contribution in [0.3, 0.4) is 0 Å². The summed E-state index contributed by atoms with van der Waals surface area (Å²) >= 11 is 0. The first-order valence-electron chi connectivity index (χ1n) is 12.1. The number of nitrogens with zero attached hydrogens (tertiary/aromatic N) is 3. The summed E-state index contributed by atoms with van der Waals surface area (Å²) in [5, 5.41) is 10.3. The highest BCUT2D eigenvalue weighted by atomic mass is 35.5. The number of halogens is 4. The molecular weight excluding hydrogens is 614 g/mol. The van der Waals surface area contributed by atoms with E-state index in [2.05, 4.69) is 9.71 Å². The first kappa shape index (κ1) is 33.9. The highest BCUT2D eigenvalue weighted by Crippen LogP contribution is 2.29. The van der Waals surface area contributed by atoms with Gasteiger partial charge in [-0.25, -0.2) is 22.6 Å². The number of nitrogens with one attached hydrogen (secondary N) is 1. The van der Waals surface area contributed by atoms with Gasteiger partial charge in [0.2, 0.25) is 0 Å². The van der Waals surface area contributed by atoms with E-state index in [9.17, 15) is 22.7 Å². The molecule has 13 heteroatoms. The number of aryl methyl sites for hydroxylation is 2. The lowest BCUT2D eigenvalue weighted by Gasteiger charge is -2.37. The van der Waals surface area contributed by atoms with E-state index >= 15 is 0 Å². The minimum atomic E-state index is -3.88. The van der Waals surface area contributed by atoms with Crippen molar-refractivity contribution < 1.29 is 22.7 Å². The molecule has 8 nitrogen and oxygen atoms in total. The number of benzene rings is 3. The normalized spacial score (nSPS) is 13.0. The van der Waals surface area contributed by atoms with Gasteiger partial charge in [0.05, 0.1) is 21.7 Å². The van der Waals surface area contributed by atoms with Crippen molar-refractivity contribution in [3.63, 3.8) is 0 Å². The monoisotopic (exact) mass is 642 g/mol. The van der Waals surface area contributed by atoms with E-state index in [0.717, 1.165) is 5.56 Å². The second-order valence-corrected chi connectivity index (χ2v) is 11.0. The standard InChI is InChI=1S/C28H27FN4O4S.3ClH/c1-18-7-8-19(2)26(15-18)38(36,37)31-20-9-10-24-21(16-20)22(28(34)35)17-27(30-24)33-13-11-32(12-14-33)25-6-4-3-5-23(25)29;;;/h3-10,15-17,31H,11-14H2,1-2H3,(H,34,35);3*1H. The zero-order chi connectivity index (χ0) is 27.0. The van der Waals surface area contributed by atoms with Gasteiger partial charge in [-0.05, 0) is 67.4 Å². The number of fused-ring (bicyclic) bond motifs is 1. The number of aromatic nitrogens is 1. The number of hydrogen-bond acceptors (Lipinski definition) is 6. The number of anilines is 3. The minimum Gasteiger partial charge on any atom is -0.478 e. The number of para-hydroxylation sites is 1. The molecule has 0 spiro atoms. The number of carboxylic acid groups (broad SMARTS) is 1. The molecule has 0 saturated carbocycles. The third-order valence-corrected chi connectivity index (χ3v) is 8.23. The average Bonchev–Trinajstić information content (AvgIpc) is 2.89. The smallest absolute Gasteiger partial charge is 0.336 e. The molecule has 2 heterocycles. The summed E-state index contributed by atoms with van der Waals surface area (Å²) in [6.45, 7) is 5.73. The summed E-state index contributed by atoms with van der Waals surface area (Å²) in [5.41, 5.74) is 2.67. The topological polar surface area (TPSA) is 103 Å². The first-order chi connectivity index (χ1) is 18.1. The van der Waals surface area contributed by atoms with E-state index in [4.69, 9.17) is 0 Å². The van der Waals surface area contributed by atoms with Crippen molar-refractivity contribution >= 4 is 81.3 Å². The Morgan fingerprint density at radius 3 is 2.22 bits per heavy atom. The fourth-order valence-corrected chi connectivity index (χ4v) is 6.09. The molecular formula is C28H30Cl3FN4O4S. The van der Waals surface area contributed by atoms with Crippen LogP contribution in [-0.4, -0.2) is 50.7 Å². The Labute approximate surface area is 256 Å². The van der Waals surface area contributed by atoms with Crippen molar-refractivity contribution in [2.24, 2.45) is 0 Å². The van der Waals surface area contributed by atoms with Gasteiger partial charge in [-0.1, -0.05) is 24.3 Å². The molecule has 41 heavy (non-hydrogen) atoms. The van der Waals surface area contributed by atoms with Crippen LogP contribution < -0.4 is 14.5 Å². The summed E-state index contributed by atoms with van der Waals surface area (Å²) in [6.07, 6.45) is 0. The van der Waals surface area contributed by atoms with Gasteiger partial charge in [0.1, 0.15) is 11.6 Å². The van der Waals surface area contributed by atoms with E-state index in [-0.39, 0.29) is 59.2 Å². The third-order valence-electron chi connectivity index (χ3n) is 6.71. The van der Waals surface area contributed by atoms with Gasteiger partial charge < -0.3 is 14.9 Å². The molecule has 0 aliphatic carbocycles. The molecule has 1 saturated heterocycles. The molecule has 5 rings (SSSR count). The minimum absolute atomic E-state index is 0. The van der Waals surface area contributed by atoms with Crippen LogP contribution in [0.2, 0.25) is 0 Å². The Morgan fingerprint density at radius 1 is 0.902 bits per heavy atom. The van der Waals surface area contributed by atoms with Gasteiger partial charge in [-0.2, -0.15) is 0 Å². The fraction of sp³-hybridized carbons (Fsp3) is 0.214. The highest BCUT2D eigenvalue weighted by Gasteiger charge is 2.23. The van der Waals surface area contributed by atoms with Gasteiger partial charge in [-0.15, -0.1) is 37.2 Å². The Morgan fingerprint density at radius 2 is 1.56 bits per heavy atom. The number of hydrogen-bond donors (Lipinski definition) is 2. The van der Waals surface area contributed by atoms with Crippen LogP contribution in [0.4, 0.5) is 21.6 Å². The van der Waals surface area contributed by atoms with Gasteiger partial charge in [0.25, 0.3) is 10.0 Å². The maximum Gasteiger partial charge on any atom is 0.336 e. The number of aromatic carboxylic acids is 1. The summed E-state index contributed by atoms with van der Waals surface area (Å²) in [7, 11) is -3.88. The Balaban J connectivity index is 0.00000196. The van der Waals surface area contributed by atoms with Gasteiger partial charge >= 0.3 is 5.97 Å². The molecule has 1 aliphatic rings. The average molecular weight is 644 g/mol. The van der Waals surface area contributed by atoms with Crippen LogP contribution in [0.25, 0.3) is 10.9 Å². The largest absolute Gasteiger partial charge is 0.478 e. The highest BCUT2D eigenvalue weighted by molar-refractivity contribution is 7.92. The van der Waals surface area contributed by atoms with Crippen LogP contribution in [0, 0.1) is 19.7 Å². The van der Waals surface area contributed by atoms with Crippen LogP contribution in [0.15, 0.2) is 71.6 Å². The molecule has 1 aliphatic heterocycles. The summed E-state index contributed by atoms with van der Waals surface area (Å²) in [6, 6.07) is 18.0. The molecule has 0 atom stereocenters. The molecule has 1 fully saturated rings. The molecule has 0 unspecified atom stereocenters. The maximum atomic E-state index is 14.2. The predicted molar refractivity (Wildman–Crippen MR) is 168 cm³/mol. The number of rotatable bonds is 6. The van der Waals surface area contributed by atoms with Crippen LogP contribution >= 0.6 is 37.2 Å². The molecule has 0 bridgehead atoms. The van der Waals surface area contributed by atoms with Gasteiger partial charge in [-0.3, -0.25) is 4.72 Å². The molecule has 0 amide bonds. The number of carboxylic acids is 1. The van der Waals surface area contributed by atoms with Gasteiger partial charge in [0.15, 0.2) is 0 Å². The van der Waals surface area contributed by atoms with E-state index < -0.39 is 16.0 Å². The molecule has 220 valence electrons. The quantitative estimate of drug-likeness (QED) is 0.263. The third kappa shape index (κ3) is 7.13. The molecule has 2 N–H and O–H groups in total. The van der Waals surface area contributed by atoms with Crippen molar-refractivity contribution in [2.45, 2.75) is 18.7 Å². The van der Waals surface area contributed by atoms with Crippen LogP contribution in [-0.2, 0) is 10.0 Å². The number of sulfonamides is 1. The lowest BCUT2D eigenvalue weighted by Crippen LogP contribution is -2.47. The summed E-state index contributed by atoms with van der Waals surface area (Å²) in [5.74, 6) is -0.910. The SMILES string of the molecule is Cc1ccc(C)c(S(=O)(=O)Nc2ccc3nc(N4CCN(c5ccccc5F)CC4)cc(C(=O)O)c3c2)c1.Cl.Cl.Cl. The first-order valence-corrected chi connectivity index (χ1v) is 13.6. The van der Waals surface area contributed by atoms with Gasteiger partial charge in [0, 0.05) is 37.3 Å². The lowest BCUT2D eigenvalue weighted by atomic mass is 10.1. The summed E-state index contributed by atoms with van der Waals surface area (Å²) in [4.78, 5) is 21.0. The van der Waals surface area contributed by atoms with Crippen LogP contribution in [0.1, 0.15) is 21.5 Å². The van der Waals surface area contributed by atoms with Crippen molar-refractivity contribution in [3.05, 3.63) is 89.2 Å². The maximum absolute atomic E-state index is 14.2. The van der Waals surface area contributed by atoms with E-state index in [1.807, 2.05) is 22.8 Å². The van der Waals surface area contributed by atoms with E-state index in [1.54, 1.807) is 49.4 Å². The number of carbonyl (C=O) groups is 1. The second-order valence-electron chi connectivity index (χ2n) is 9.37. The van der Waals surface area contributed by atoms with E-state index in [0.29, 0.717) is 54.2 Å². The fourth-order valence-electron chi connectivity index (χ4n) is 4.71. The molecule has 1 aromatic heterocycles. The van der Waals surface area contributed by atoms with Crippen molar-refractivity contribution in [1.82, 2.24) is 4.98 Å². The van der Waals surface area contributed by atoms with Crippen molar-refractivity contribution in [2.75, 3.05) is 40.7 Å². The number of pyridine rings is 1. The predicted octanol–water partition coefficient (Wildman–Crippen LogP) is 6.08. The van der Waals surface area contributed by atoms with Crippen molar-refractivity contribution in [1.29, 1.82) is 0 Å². The van der Waals surface area contributed by atoms with Crippen LogP contribution in [0.5, 0.6) is 0 Å². The molecule has 0 radical (unpaired) electrons.